The van der Waals surface area contributed by atoms with E-state index in [9.17, 15) is 4.79 Å². The Morgan fingerprint density at radius 1 is 0.917 bits per heavy atom. The van der Waals surface area contributed by atoms with Crippen LogP contribution in [0.15, 0.2) is 0 Å². The fraction of sp³-hybridized carbons (Fsp3) is 0.941. The highest BCUT2D eigenvalue weighted by Gasteiger charge is 2.60. The van der Waals surface area contributed by atoms with Gasteiger partial charge in [0, 0.05) is 19.4 Å². The van der Waals surface area contributed by atoms with E-state index in [0.29, 0.717) is 25.7 Å². The highest BCUT2D eigenvalue weighted by atomic mass is 16.9. The first-order chi connectivity index (χ1) is 11.2. The van der Waals surface area contributed by atoms with Crippen LogP contribution in [0.4, 0.5) is 0 Å². The molecular formula is C17H28O7. The molecule has 0 aromatic carbocycles. The van der Waals surface area contributed by atoms with Gasteiger partial charge in [-0.2, -0.15) is 0 Å². The number of aliphatic hydroxyl groups excluding tert-OH is 1. The van der Waals surface area contributed by atoms with Crippen LogP contribution in [0.5, 0.6) is 0 Å². The number of carbonyl (C=O) groups is 1. The van der Waals surface area contributed by atoms with E-state index in [1.807, 2.05) is 27.7 Å². The van der Waals surface area contributed by atoms with Crippen molar-refractivity contribution in [2.45, 2.75) is 95.7 Å². The van der Waals surface area contributed by atoms with Gasteiger partial charge in [-0.3, -0.25) is 4.79 Å². The van der Waals surface area contributed by atoms with Gasteiger partial charge in [0.15, 0.2) is 17.9 Å². The maximum atomic E-state index is 11.9. The minimum Gasteiger partial charge on any atom is -0.396 e. The van der Waals surface area contributed by atoms with Gasteiger partial charge >= 0.3 is 0 Å². The van der Waals surface area contributed by atoms with Crippen LogP contribution in [-0.2, 0) is 28.5 Å². The fourth-order valence-corrected chi connectivity index (χ4v) is 3.63. The summed E-state index contributed by atoms with van der Waals surface area (Å²) < 4.78 is 29.9. The van der Waals surface area contributed by atoms with Crippen molar-refractivity contribution < 1.29 is 33.6 Å². The lowest BCUT2D eigenvalue weighted by atomic mass is 9.95. The molecule has 0 aromatic rings. The molecule has 0 aliphatic carbocycles. The molecule has 3 heterocycles. The number of fused-ring (bicyclic) bond motifs is 3. The Hall–Kier alpha value is -0.570. The van der Waals surface area contributed by atoms with Crippen LogP contribution in [0, 0.1) is 0 Å². The third kappa shape index (κ3) is 3.81. The van der Waals surface area contributed by atoms with Gasteiger partial charge in [-0.15, -0.1) is 0 Å². The first kappa shape index (κ1) is 18.2. The van der Waals surface area contributed by atoms with Gasteiger partial charge in [-0.25, -0.2) is 0 Å². The zero-order valence-corrected chi connectivity index (χ0v) is 14.8. The summed E-state index contributed by atoms with van der Waals surface area (Å²) in [5.74, 6) is -1.33. The average molecular weight is 344 g/mol. The Kier molecular flexibility index (Phi) is 5.03. The van der Waals surface area contributed by atoms with Crippen LogP contribution in [0.2, 0.25) is 0 Å². The standard InChI is InChI=1S/C17H28O7/c1-16(2)21-12-11(8-7-10(19)6-5-9-18)20-15-14(13(12)22-16)23-17(3,4)24-15/h11-15,18H,5-9H2,1-4H3/t11-,12+,13+,14-,15-/m1/s1. The molecule has 7 nitrogen and oxygen atoms in total. The van der Waals surface area contributed by atoms with Gasteiger partial charge < -0.3 is 28.8 Å². The lowest BCUT2D eigenvalue weighted by molar-refractivity contribution is -0.235. The second-order valence-corrected chi connectivity index (χ2v) is 7.61. The molecular weight excluding hydrogens is 316 g/mol. The number of ketones is 1. The molecule has 3 fully saturated rings. The minimum absolute atomic E-state index is 0.0333. The van der Waals surface area contributed by atoms with E-state index in [1.54, 1.807) is 0 Å². The molecule has 3 aliphatic rings. The zero-order chi connectivity index (χ0) is 17.5. The van der Waals surface area contributed by atoms with Crippen molar-refractivity contribution in [1.82, 2.24) is 0 Å². The monoisotopic (exact) mass is 344 g/mol. The van der Waals surface area contributed by atoms with E-state index >= 15 is 0 Å². The molecule has 3 saturated heterocycles. The first-order valence-corrected chi connectivity index (χ1v) is 8.70. The summed E-state index contributed by atoms with van der Waals surface area (Å²) in [6.07, 6.45) is 0.107. The summed E-state index contributed by atoms with van der Waals surface area (Å²) in [5, 5.41) is 8.82. The second kappa shape index (κ2) is 6.63. The van der Waals surface area contributed by atoms with Gasteiger partial charge in [0.25, 0.3) is 0 Å². The molecule has 5 atom stereocenters. The van der Waals surface area contributed by atoms with Gasteiger partial charge in [0.1, 0.15) is 24.1 Å². The Labute approximate surface area is 142 Å². The van der Waals surface area contributed by atoms with Crippen LogP contribution < -0.4 is 0 Å². The Balaban J connectivity index is 1.67. The molecule has 3 aliphatic heterocycles. The number of hydrogen-bond acceptors (Lipinski definition) is 7. The zero-order valence-electron chi connectivity index (χ0n) is 14.8. The molecule has 0 aromatic heterocycles. The minimum atomic E-state index is -0.734. The van der Waals surface area contributed by atoms with Crippen LogP contribution in [0.3, 0.4) is 0 Å². The van der Waals surface area contributed by atoms with Crippen molar-refractivity contribution in [3.05, 3.63) is 0 Å². The third-order valence-electron chi connectivity index (χ3n) is 4.57. The van der Waals surface area contributed by atoms with E-state index in [0.717, 1.165) is 0 Å². The van der Waals surface area contributed by atoms with Crippen molar-refractivity contribution >= 4 is 5.78 Å². The summed E-state index contributed by atoms with van der Waals surface area (Å²) in [6.45, 7) is 7.46. The smallest absolute Gasteiger partial charge is 0.190 e. The SMILES string of the molecule is CC1(C)O[C@H]2[C@@H](O1)[C@@H](CCC(=O)CCCO)O[C@@H]1OC(C)(C)O[C@@H]12. The Morgan fingerprint density at radius 3 is 2.25 bits per heavy atom. The Morgan fingerprint density at radius 2 is 1.54 bits per heavy atom. The molecule has 24 heavy (non-hydrogen) atoms. The summed E-state index contributed by atoms with van der Waals surface area (Å²) in [4.78, 5) is 11.9. The lowest BCUT2D eigenvalue weighted by Gasteiger charge is -2.37. The largest absolute Gasteiger partial charge is 0.396 e. The quantitative estimate of drug-likeness (QED) is 0.782. The molecule has 0 saturated carbocycles. The normalized spacial score (nSPS) is 39.5. The molecule has 0 spiro atoms. The molecule has 138 valence electrons. The van der Waals surface area contributed by atoms with Crippen LogP contribution in [-0.4, -0.2) is 59.8 Å². The third-order valence-corrected chi connectivity index (χ3v) is 4.57. The van der Waals surface area contributed by atoms with E-state index in [4.69, 9.17) is 28.8 Å². The molecule has 1 N–H and O–H groups in total. The molecule has 0 radical (unpaired) electrons. The van der Waals surface area contributed by atoms with E-state index in [-0.39, 0.29) is 36.8 Å². The second-order valence-electron chi connectivity index (χ2n) is 7.61. The van der Waals surface area contributed by atoms with E-state index in [2.05, 4.69) is 0 Å². The van der Waals surface area contributed by atoms with Crippen molar-refractivity contribution in [1.29, 1.82) is 0 Å². The molecule has 3 rings (SSSR count). The number of rotatable bonds is 6. The predicted octanol–water partition coefficient (Wildman–Crippen LogP) is 1.50. The van der Waals surface area contributed by atoms with Gasteiger partial charge in [0.05, 0.1) is 6.10 Å². The summed E-state index contributed by atoms with van der Waals surface area (Å²) in [5.41, 5.74) is 0. The highest BCUT2D eigenvalue weighted by Crippen LogP contribution is 2.44. The highest BCUT2D eigenvalue weighted by molar-refractivity contribution is 5.78. The number of hydrogen-bond donors (Lipinski definition) is 1. The topological polar surface area (TPSA) is 83.5 Å². The number of aliphatic hydroxyl groups is 1. The molecule has 0 unspecified atom stereocenters. The van der Waals surface area contributed by atoms with E-state index in [1.165, 1.54) is 0 Å². The van der Waals surface area contributed by atoms with Crippen molar-refractivity contribution in [2.24, 2.45) is 0 Å². The van der Waals surface area contributed by atoms with Crippen molar-refractivity contribution in [3.63, 3.8) is 0 Å². The molecule has 7 heteroatoms. The first-order valence-electron chi connectivity index (χ1n) is 8.70. The number of carbonyl (C=O) groups excluding carboxylic acids is 1. The summed E-state index contributed by atoms with van der Waals surface area (Å²) >= 11 is 0. The summed E-state index contributed by atoms with van der Waals surface area (Å²) in [7, 11) is 0. The predicted molar refractivity (Wildman–Crippen MR) is 83.1 cm³/mol. The van der Waals surface area contributed by atoms with E-state index < -0.39 is 17.9 Å². The molecule has 0 bridgehead atoms. The maximum absolute atomic E-state index is 11.9. The number of Topliss-reactive ketones (excluding diaryl/α,β-unsaturated/α-hetero) is 1. The van der Waals surface area contributed by atoms with Crippen molar-refractivity contribution in [3.8, 4) is 0 Å². The summed E-state index contributed by atoms with van der Waals surface area (Å²) in [6, 6.07) is 0. The average Bonchev–Trinajstić information content (AvgIpc) is 2.96. The Bertz CT molecular complexity index is 476. The molecule has 0 amide bonds. The van der Waals surface area contributed by atoms with Crippen LogP contribution in [0.25, 0.3) is 0 Å². The van der Waals surface area contributed by atoms with Gasteiger partial charge in [0.2, 0.25) is 0 Å². The van der Waals surface area contributed by atoms with Gasteiger partial charge in [-0.1, -0.05) is 0 Å². The van der Waals surface area contributed by atoms with Crippen LogP contribution in [0.1, 0.15) is 53.4 Å². The van der Waals surface area contributed by atoms with Gasteiger partial charge in [-0.05, 0) is 40.5 Å². The van der Waals surface area contributed by atoms with Crippen LogP contribution >= 0.6 is 0 Å². The fourth-order valence-electron chi connectivity index (χ4n) is 3.63. The number of ether oxygens (including phenoxy) is 5. The lowest BCUT2D eigenvalue weighted by Crippen LogP contribution is -2.55. The maximum Gasteiger partial charge on any atom is 0.190 e. The van der Waals surface area contributed by atoms with Crippen molar-refractivity contribution in [2.75, 3.05) is 6.61 Å².